The smallest absolute Gasteiger partial charge is 0.275 e. The van der Waals surface area contributed by atoms with E-state index in [9.17, 15) is 4.79 Å². The summed E-state index contributed by atoms with van der Waals surface area (Å²) in [6.07, 6.45) is 4.83. The lowest BCUT2D eigenvalue weighted by Gasteiger charge is -2.03. The number of amides is 1. The van der Waals surface area contributed by atoms with Crippen LogP contribution in [0.3, 0.4) is 0 Å². The van der Waals surface area contributed by atoms with Gasteiger partial charge in [0.2, 0.25) is 0 Å². The van der Waals surface area contributed by atoms with Crippen molar-refractivity contribution in [3.63, 3.8) is 0 Å². The van der Waals surface area contributed by atoms with Gasteiger partial charge in [0.05, 0.1) is 11.5 Å². The molecular weight excluding hydrogens is 248 g/mol. The van der Waals surface area contributed by atoms with Crippen molar-refractivity contribution in [1.29, 1.82) is 0 Å². The molecule has 18 heavy (non-hydrogen) atoms. The van der Waals surface area contributed by atoms with Crippen molar-refractivity contribution >= 4 is 17.2 Å². The van der Waals surface area contributed by atoms with Crippen molar-refractivity contribution in [1.82, 2.24) is 5.43 Å². The summed E-state index contributed by atoms with van der Waals surface area (Å²) < 4.78 is 5.62. The van der Waals surface area contributed by atoms with E-state index in [4.69, 9.17) is 10.6 Å². The van der Waals surface area contributed by atoms with Gasteiger partial charge in [-0.3, -0.25) is 10.2 Å². The van der Waals surface area contributed by atoms with Gasteiger partial charge in [0.15, 0.2) is 0 Å². The maximum absolute atomic E-state index is 11.4. The van der Waals surface area contributed by atoms with E-state index >= 15 is 0 Å². The molecule has 0 atom stereocenters. The van der Waals surface area contributed by atoms with E-state index < -0.39 is 0 Å². The van der Waals surface area contributed by atoms with Crippen LogP contribution >= 0.6 is 11.3 Å². The Morgan fingerprint density at radius 1 is 1.44 bits per heavy atom. The van der Waals surface area contributed by atoms with Crippen molar-refractivity contribution in [2.45, 2.75) is 46.1 Å². The molecular formula is C13H22N2O2S. The van der Waals surface area contributed by atoms with Crippen LogP contribution in [0.25, 0.3) is 0 Å². The molecule has 0 aliphatic heterocycles. The number of rotatable bonds is 8. The van der Waals surface area contributed by atoms with E-state index in [2.05, 4.69) is 12.3 Å². The molecule has 0 aromatic carbocycles. The maximum Gasteiger partial charge on any atom is 0.275 e. The number of hydrogen-bond donors (Lipinski definition) is 2. The van der Waals surface area contributed by atoms with Crippen molar-refractivity contribution in [3.8, 4) is 0 Å². The molecule has 5 heteroatoms. The van der Waals surface area contributed by atoms with Crippen LogP contribution in [0.4, 0.5) is 0 Å². The zero-order chi connectivity index (χ0) is 13.4. The number of thiophene rings is 1. The number of nitrogens with one attached hydrogen (secondary N) is 1. The Morgan fingerprint density at radius 3 is 2.89 bits per heavy atom. The number of nitrogen functional groups attached to an aromatic ring is 1. The lowest BCUT2D eigenvalue weighted by molar-refractivity contribution is 0.0957. The van der Waals surface area contributed by atoms with Crippen LogP contribution in [0.2, 0.25) is 0 Å². The topological polar surface area (TPSA) is 64.3 Å². The van der Waals surface area contributed by atoms with Gasteiger partial charge in [-0.1, -0.05) is 26.2 Å². The summed E-state index contributed by atoms with van der Waals surface area (Å²) in [6.45, 7) is 5.55. The molecule has 0 spiro atoms. The molecule has 0 radical (unpaired) electrons. The largest absolute Gasteiger partial charge is 0.377 e. The summed E-state index contributed by atoms with van der Waals surface area (Å²) in [6, 6.07) is 1.86. The van der Waals surface area contributed by atoms with Gasteiger partial charge in [0.25, 0.3) is 5.91 Å². The predicted molar refractivity (Wildman–Crippen MR) is 74.5 cm³/mol. The first-order valence-electron chi connectivity index (χ1n) is 6.37. The molecule has 1 heterocycles. The van der Waals surface area contributed by atoms with Gasteiger partial charge >= 0.3 is 0 Å². The quantitative estimate of drug-likeness (QED) is 0.330. The molecule has 1 aromatic heterocycles. The summed E-state index contributed by atoms with van der Waals surface area (Å²) in [5, 5.41) is 0. The Hall–Kier alpha value is -0.910. The second kappa shape index (κ2) is 8.24. The second-order valence-electron chi connectivity index (χ2n) is 4.28. The molecule has 0 saturated heterocycles. The first-order valence-corrected chi connectivity index (χ1v) is 7.18. The fourth-order valence-electron chi connectivity index (χ4n) is 1.66. The van der Waals surface area contributed by atoms with Crippen molar-refractivity contribution in [2.75, 3.05) is 6.61 Å². The van der Waals surface area contributed by atoms with Crippen LogP contribution < -0.4 is 11.3 Å². The molecule has 0 aliphatic rings. The van der Waals surface area contributed by atoms with Gasteiger partial charge in [-0.25, -0.2) is 5.84 Å². The molecule has 4 nitrogen and oxygen atoms in total. The molecule has 1 rings (SSSR count). The Bertz CT molecular complexity index is 377. The van der Waals surface area contributed by atoms with Gasteiger partial charge in [-0.2, -0.15) is 0 Å². The minimum atomic E-state index is -0.239. The number of aryl methyl sites for hydroxylation is 1. The maximum atomic E-state index is 11.4. The van der Waals surface area contributed by atoms with Gasteiger partial charge in [0.1, 0.15) is 0 Å². The highest BCUT2D eigenvalue weighted by molar-refractivity contribution is 7.14. The van der Waals surface area contributed by atoms with Gasteiger partial charge in [-0.15, -0.1) is 11.3 Å². The molecule has 0 saturated carbocycles. The SMILES string of the molecule is CCCCCCOCc1cc(C(=O)NN)sc1C. The van der Waals surface area contributed by atoms with E-state index in [1.165, 1.54) is 30.6 Å². The lowest BCUT2D eigenvalue weighted by atomic mass is 10.2. The average Bonchev–Trinajstić information content (AvgIpc) is 2.74. The summed E-state index contributed by atoms with van der Waals surface area (Å²) in [5.74, 6) is 4.87. The summed E-state index contributed by atoms with van der Waals surface area (Å²) in [5.41, 5.74) is 3.22. The fraction of sp³-hybridized carbons (Fsp3) is 0.615. The van der Waals surface area contributed by atoms with E-state index in [1.54, 1.807) is 0 Å². The number of carbonyl (C=O) groups is 1. The minimum Gasteiger partial charge on any atom is -0.377 e. The fourth-order valence-corrected chi connectivity index (χ4v) is 2.59. The van der Waals surface area contributed by atoms with Gasteiger partial charge < -0.3 is 4.74 Å². The molecule has 0 bridgehead atoms. The third kappa shape index (κ3) is 4.76. The second-order valence-corrected chi connectivity index (χ2v) is 5.54. The predicted octanol–water partition coefficient (Wildman–Crippen LogP) is 2.76. The zero-order valence-electron chi connectivity index (χ0n) is 11.1. The minimum absolute atomic E-state index is 0.239. The third-order valence-corrected chi connectivity index (χ3v) is 3.87. The lowest BCUT2D eigenvalue weighted by Crippen LogP contribution is -2.29. The number of hydrogen-bond acceptors (Lipinski definition) is 4. The van der Waals surface area contributed by atoms with Crippen LogP contribution in [0, 0.1) is 6.92 Å². The number of carbonyl (C=O) groups excluding carboxylic acids is 1. The number of unbranched alkanes of at least 4 members (excludes halogenated alkanes) is 3. The Balaban J connectivity index is 2.34. The van der Waals surface area contributed by atoms with E-state index in [0.29, 0.717) is 11.5 Å². The Morgan fingerprint density at radius 2 is 2.22 bits per heavy atom. The first-order chi connectivity index (χ1) is 8.69. The standard InChI is InChI=1S/C13H22N2O2S/c1-3-4-5-6-7-17-9-11-8-12(13(16)15-14)18-10(11)2/h8H,3-7,9,14H2,1-2H3,(H,15,16). The highest BCUT2D eigenvalue weighted by Crippen LogP contribution is 2.22. The average molecular weight is 270 g/mol. The van der Waals surface area contributed by atoms with Crippen molar-refractivity contribution < 1.29 is 9.53 Å². The number of ether oxygens (including phenoxy) is 1. The zero-order valence-corrected chi connectivity index (χ0v) is 11.9. The number of hydrazine groups is 1. The van der Waals surface area contributed by atoms with Crippen molar-refractivity contribution in [3.05, 3.63) is 21.4 Å². The van der Waals surface area contributed by atoms with Gasteiger partial charge in [-0.05, 0) is 25.0 Å². The summed E-state index contributed by atoms with van der Waals surface area (Å²) >= 11 is 1.45. The summed E-state index contributed by atoms with van der Waals surface area (Å²) in [7, 11) is 0. The highest BCUT2D eigenvalue weighted by atomic mass is 32.1. The van der Waals surface area contributed by atoms with E-state index in [1.807, 2.05) is 13.0 Å². The van der Waals surface area contributed by atoms with Crippen LogP contribution in [-0.4, -0.2) is 12.5 Å². The Labute approximate surface area is 112 Å². The molecule has 102 valence electrons. The van der Waals surface area contributed by atoms with Crippen LogP contribution in [0.15, 0.2) is 6.07 Å². The highest BCUT2D eigenvalue weighted by Gasteiger charge is 2.11. The first kappa shape index (κ1) is 15.1. The normalized spacial score (nSPS) is 10.6. The molecule has 0 fully saturated rings. The monoisotopic (exact) mass is 270 g/mol. The molecule has 0 aliphatic carbocycles. The molecule has 0 unspecified atom stereocenters. The van der Waals surface area contributed by atoms with Crippen LogP contribution in [0.5, 0.6) is 0 Å². The summed E-state index contributed by atoms with van der Waals surface area (Å²) in [4.78, 5) is 13.1. The van der Waals surface area contributed by atoms with E-state index in [-0.39, 0.29) is 5.91 Å². The molecule has 1 amide bonds. The third-order valence-electron chi connectivity index (χ3n) is 2.78. The van der Waals surface area contributed by atoms with Gasteiger partial charge in [0, 0.05) is 11.5 Å². The van der Waals surface area contributed by atoms with Crippen LogP contribution in [0.1, 0.15) is 52.7 Å². The molecule has 1 aromatic rings. The van der Waals surface area contributed by atoms with Crippen molar-refractivity contribution in [2.24, 2.45) is 5.84 Å². The van der Waals surface area contributed by atoms with E-state index in [0.717, 1.165) is 23.5 Å². The number of nitrogens with two attached hydrogens (primary N) is 1. The Kier molecular flexibility index (Phi) is 6.93. The van der Waals surface area contributed by atoms with Crippen LogP contribution in [-0.2, 0) is 11.3 Å². The molecule has 3 N–H and O–H groups in total.